The minimum Gasteiger partial charge on any atom is -0.493 e. The van der Waals surface area contributed by atoms with Crippen LogP contribution < -0.4 is 0 Å². The van der Waals surface area contributed by atoms with E-state index < -0.39 is 5.91 Å². The molecule has 0 spiro atoms. The van der Waals surface area contributed by atoms with E-state index in [0.29, 0.717) is 29.2 Å². The summed E-state index contributed by atoms with van der Waals surface area (Å²) < 4.78 is 1.90. The van der Waals surface area contributed by atoms with Crippen LogP contribution in [0.25, 0.3) is 21.8 Å². The van der Waals surface area contributed by atoms with E-state index in [0.717, 1.165) is 34.8 Å². The first kappa shape index (κ1) is 22.9. The van der Waals surface area contributed by atoms with Crippen molar-refractivity contribution in [3.05, 3.63) is 66.4 Å². The molecule has 1 aliphatic heterocycles. The predicted octanol–water partition coefficient (Wildman–Crippen LogP) is 6.68. The Balaban J connectivity index is 1.31. The Morgan fingerprint density at radius 2 is 1.83 bits per heavy atom. The number of benzene rings is 2. The molecule has 2 aromatic carbocycles. The molecule has 0 unspecified atom stereocenters. The monoisotopic (exact) mass is 481 g/mol. The number of fused-ring (bicyclic) bond motifs is 4. The second-order valence-corrected chi connectivity index (χ2v) is 11.6. The number of azo groups is 1. The smallest absolute Gasteiger partial charge is 0.313 e. The average molecular weight is 482 g/mol. The van der Waals surface area contributed by atoms with Gasteiger partial charge in [-0.3, -0.25) is 14.3 Å². The van der Waals surface area contributed by atoms with Gasteiger partial charge in [0.15, 0.2) is 5.69 Å². The van der Waals surface area contributed by atoms with E-state index in [9.17, 15) is 9.90 Å². The zero-order valence-corrected chi connectivity index (χ0v) is 21.0. The lowest BCUT2D eigenvalue weighted by Gasteiger charge is -2.40. The van der Waals surface area contributed by atoms with Gasteiger partial charge in [0.25, 0.3) is 0 Å². The van der Waals surface area contributed by atoms with Gasteiger partial charge in [-0.1, -0.05) is 63.2 Å². The van der Waals surface area contributed by atoms with Crippen LogP contribution in [-0.2, 0) is 6.67 Å². The van der Waals surface area contributed by atoms with Crippen molar-refractivity contribution in [3.8, 4) is 5.88 Å². The summed E-state index contributed by atoms with van der Waals surface area (Å²) in [6.45, 7) is 8.71. The van der Waals surface area contributed by atoms with Gasteiger partial charge in [-0.05, 0) is 48.3 Å². The topological polar surface area (TPSA) is 83.1 Å². The van der Waals surface area contributed by atoms with Gasteiger partial charge in [0.05, 0.1) is 17.7 Å². The van der Waals surface area contributed by atoms with Gasteiger partial charge in [-0.15, -0.1) is 10.2 Å². The minimum atomic E-state index is -0.541. The molecule has 2 atom stereocenters. The number of para-hydroxylation sites is 2. The van der Waals surface area contributed by atoms with Gasteiger partial charge in [-0.25, -0.2) is 4.98 Å². The Morgan fingerprint density at radius 3 is 2.69 bits per heavy atom. The van der Waals surface area contributed by atoms with Crippen molar-refractivity contribution in [3.63, 3.8) is 0 Å². The molecule has 1 amide bonds. The van der Waals surface area contributed by atoms with Crippen LogP contribution in [0.15, 0.2) is 70.9 Å². The molecule has 2 bridgehead atoms. The standard InChI is InChI=1S/C29H31N5O2/c1-28(2)14-20-15-29(3,16-28)17-33(20)18-34-24-11-7-5-9-21(24)25(27(34)36)31-32-26(35)23-13-12-19-8-4-6-10-22(19)30-23/h4-13,20,36H,14-18H2,1-3H3/t20-,29+/m1/s1. The average Bonchev–Trinajstić information content (AvgIpc) is 3.25. The third kappa shape index (κ3) is 3.97. The van der Waals surface area contributed by atoms with Crippen LogP contribution in [0.1, 0.15) is 50.5 Å². The third-order valence-electron chi connectivity index (χ3n) is 7.82. The number of hydrogen-bond donors (Lipinski definition) is 1. The van der Waals surface area contributed by atoms with Gasteiger partial charge >= 0.3 is 5.91 Å². The number of carbonyl (C=O) groups is 1. The Labute approximate surface area is 210 Å². The van der Waals surface area contributed by atoms with Crippen molar-refractivity contribution in [1.82, 2.24) is 14.5 Å². The van der Waals surface area contributed by atoms with E-state index in [-0.39, 0.29) is 11.6 Å². The zero-order chi connectivity index (χ0) is 25.1. The van der Waals surface area contributed by atoms with Gasteiger partial charge in [0.2, 0.25) is 5.88 Å². The molecule has 36 heavy (non-hydrogen) atoms. The summed E-state index contributed by atoms with van der Waals surface area (Å²) in [5.41, 5.74) is 2.77. The van der Waals surface area contributed by atoms with E-state index in [1.807, 2.05) is 59.2 Å². The van der Waals surface area contributed by atoms with Crippen molar-refractivity contribution < 1.29 is 9.90 Å². The predicted molar refractivity (Wildman–Crippen MR) is 140 cm³/mol. The summed E-state index contributed by atoms with van der Waals surface area (Å²) in [7, 11) is 0. The summed E-state index contributed by atoms with van der Waals surface area (Å²) >= 11 is 0. The number of carbonyl (C=O) groups excluding carboxylic acids is 1. The number of nitrogens with zero attached hydrogens (tertiary/aromatic N) is 5. The molecule has 1 saturated carbocycles. The van der Waals surface area contributed by atoms with E-state index in [4.69, 9.17) is 0 Å². The Bertz CT molecular complexity index is 1520. The molecule has 3 heterocycles. The van der Waals surface area contributed by atoms with Gasteiger partial charge < -0.3 is 5.11 Å². The lowest BCUT2D eigenvalue weighted by atomic mass is 9.65. The second kappa shape index (κ2) is 8.23. The second-order valence-electron chi connectivity index (χ2n) is 11.6. The number of rotatable bonds is 4. The Hall–Kier alpha value is -3.58. The summed E-state index contributed by atoms with van der Waals surface area (Å²) in [4.78, 5) is 19.7. The molecule has 7 heteroatoms. The quantitative estimate of drug-likeness (QED) is 0.330. The molecule has 7 nitrogen and oxygen atoms in total. The van der Waals surface area contributed by atoms with E-state index in [1.165, 1.54) is 12.8 Å². The fourth-order valence-electron chi connectivity index (χ4n) is 6.77. The third-order valence-corrected chi connectivity index (χ3v) is 7.82. The maximum atomic E-state index is 12.8. The highest BCUT2D eigenvalue weighted by molar-refractivity contribution is 5.97. The number of aromatic nitrogens is 2. The highest BCUT2D eigenvalue weighted by atomic mass is 16.3. The van der Waals surface area contributed by atoms with Gasteiger partial charge in [0.1, 0.15) is 5.69 Å². The number of likely N-dealkylation sites (tertiary alicyclic amines) is 1. The largest absolute Gasteiger partial charge is 0.493 e. The van der Waals surface area contributed by atoms with E-state index >= 15 is 0 Å². The number of pyridine rings is 1. The van der Waals surface area contributed by atoms with Gasteiger partial charge in [0, 0.05) is 23.4 Å². The van der Waals surface area contributed by atoms with Crippen LogP contribution in [0, 0.1) is 10.8 Å². The first-order chi connectivity index (χ1) is 17.2. The van der Waals surface area contributed by atoms with E-state index in [2.05, 4.69) is 40.9 Å². The molecule has 1 N–H and O–H groups in total. The summed E-state index contributed by atoms with van der Waals surface area (Å²) in [6.07, 6.45) is 3.56. The molecule has 4 aromatic rings. The van der Waals surface area contributed by atoms with Crippen LogP contribution in [0.2, 0.25) is 0 Å². The Morgan fingerprint density at radius 1 is 1.06 bits per heavy atom. The van der Waals surface area contributed by atoms with E-state index in [1.54, 1.807) is 6.07 Å². The zero-order valence-electron chi connectivity index (χ0n) is 21.0. The molecule has 1 aliphatic carbocycles. The highest BCUT2D eigenvalue weighted by Gasteiger charge is 2.49. The van der Waals surface area contributed by atoms with Crippen molar-refractivity contribution in [1.29, 1.82) is 0 Å². The first-order valence-electron chi connectivity index (χ1n) is 12.6. The summed E-state index contributed by atoms with van der Waals surface area (Å²) in [5.74, 6) is -0.509. The highest BCUT2D eigenvalue weighted by Crippen LogP contribution is 2.53. The van der Waals surface area contributed by atoms with Crippen molar-refractivity contribution in [2.75, 3.05) is 6.54 Å². The van der Waals surface area contributed by atoms with Crippen molar-refractivity contribution in [2.45, 2.75) is 52.7 Å². The fraction of sp³-hybridized carbons (Fsp3) is 0.379. The molecule has 1 saturated heterocycles. The summed E-state index contributed by atoms with van der Waals surface area (Å²) in [6, 6.07) is 19.4. The molecular weight excluding hydrogens is 450 g/mol. The van der Waals surface area contributed by atoms with Gasteiger partial charge in [-0.2, -0.15) is 0 Å². The van der Waals surface area contributed by atoms with Crippen LogP contribution in [0.4, 0.5) is 5.69 Å². The fourth-order valence-corrected chi connectivity index (χ4v) is 6.77. The Kier molecular flexibility index (Phi) is 5.23. The maximum Gasteiger partial charge on any atom is 0.313 e. The molecule has 2 fully saturated rings. The minimum absolute atomic E-state index is 0.0325. The molecular formula is C29H31N5O2. The molecule has 6 rings (SSSR count). The molecule has 2 aromatic heterocycles. The van der Waals surface area contributed by atoms with Crippen LogP contribution >= 0.6 is 0 Å². The molecule has 0 radical (unpaired) electrons. The first-order valence-corrected chi connectivity index (χ1v) is 12.6. The maximum absolute atomic E-state index is 12.8. The number of aromatic hydroxyl groups is 1. The number of amides is 1. The molecule has 184 valence electrons. The number of hydrogen-bond acceptors (Lipinski definition) is 5. The normalized spacial score (nSPS) is 23.7. The van der Waals surface area contributed by atoms with Crippen LogP contribution in [0.3, 0.4) is 0 Å². The summed E-state index contributed by atoms with van der Waals surface area (Å²) in [5, 5.41) is 21.2. The SMILES string of the molecule is CC1(C)C[C@@H]2C[C@](C)(CN2Cn2c(O)c(N=NC(=O)c3ccc4ccccc4n3)c3ccccc32)C1. The molecule has 2 aliphatic rings. The lowest BCUT2D eigenvalue weighted by Crippen LogP contribution is -2.35. The van der Waals surface area contributed by atoms with Crippen molar-refractivity contribution >= 4 is 33.4 Å². The van der Waals surface area contributed by atoms with Crippen LogP contribution in [0.5, 0.6) is 5.88 Å². The van der Waals surface area contributed by atoms with Crippen molar-refractivity contribution in [2.24, 2.45) is 21.1 Å². The lowest BCUT2D eigenvalue weighted by molar-refractivity contribution is 0.0990. The van der Waals surface area contributed by atoms with Crippen LogP contribution in [-0.4, -0.2) is 38.1 Å².